The van der Waals surface area contributed by atoms with Gasteiger partial charge >= 0.3 is 5.97 Å². The summed E-state index contributed by atoms with van der Waals surface area (Å²) in [6.07, 6.45) is 2.75. The highest BCUT2D eigenvalue weighted by Gasteiger charge is 2.30. The first kappa shape index (κ1) is 28.7. The van der Waals surface area contributed by atoms with Gasteiger partial charge in [0.25, 0.3) is 11.8 Å². The fourth-order valence-electron chi connectivity index (χ4n) is 4.34. The number of para-hydroxylation sites is 1. The van der Waals surface area contributed by atoms with Crippen molar-refractivity contribution < 1.29 is 23.9 Å². The highest BCUT2D eigenvalue weighted by Crippen LogP contribution is 2.35. The van der Waals surface area contributed by atoms with Crippen LogP contribution in [0.15, 0.2) is 45.8 Å². The summed E-state index contributed by atoms with van der Waals surface area (Å²) in [6.45, 7) is 2.72. The molecule has 1 aliphatic rings. The first-order valence-electron chi connectivity index (χ1n) is 12.5. The standard InChI is InChI=1S/C27H26Cl2N6O5/c1-2-8-31-27(33-14-30)32-12-19(26(38)39)34-24(36)22-18(28)10-16-13-35(9-7-17(16)23(22)29)25(37)21-11-15-5-3-4-6-20(15)40-21/h3-6,10-11,19H,2,7-9,12-13H2,1H3,(H,34,36)(H,38,39)(H2,31,32,33)/t19-/m0/s1. The second-order valence-corrected chi connectivity index (χ2v) is 9.83. The number of aliphatic carboxylic acids is 1. The number of carbonyl (C=O) groups excluding carboxylic acids is 2. The quantitative estimate of drug-likeness (QED) is 0.177. The van der Waals surface area contributed by atoms with Gasteiger partial charge in [0, 0.05) is 31.6 Å². The van der Waals surface area contributed by atoms with E-state index in [2.05, 4.69) is 20.9 Å². The van der Waals surface area contributed by atoms with E-state index in [-0.39, 0.29) is 46.3 Å². The number of rotatable bonds is 8. The molecule has 0 unspecified atom stereocenters. The number of guanidine groups is 1. The third kappa shape index (κ3) is 6.30. The molecule has 1 atom stereocenters. The van der Waals surface area contributed by atoms with Crippen LogP contribution in [0.4, 0.5) is 0 Å². The van der Waals surface area contributed by atoms with Crippen molar-refractivity contribution in [1.29, 1.82) is 5.26 Å². The lowest BCUT2D eigenvalue weighted by molar-refractivity contribution is -0.139. The summed E-state index contributed by atoms with van der Waals surface area (Å²) in [5, 5.41) is 27.4. The summed E-state index contributed by atoms with van der Waals surface area (Å²) in [7, 11) is 0. The molecule has 4 N–H and O–H groups in total. The molecule has 0 saturated heterocycles. The van der Waals surface area contributed by atoms with E-state index in [1.54, 1.807) is 29.3 Å². The van der Waals surface area contributed by atoms with E-state index in [4.69, 9.17) is 32.9 Å². The summed E-state index contributed by atoms with van der Waals surface area (Å²) in [4.78, 5) is 43.3. The highest BCUT2D eigenvalue weighted by molar-refractivity contribution is 6.40. The number of halogens is 2. The van der Waals surface area contributed by atoms with Crippen molar-refractivity contribution in [1.82, 2.24) is 20.9 Å². The first-order valence-corrected chi connectivity index (χ1v) is 13.2. The zero-order valence-corrected chi connectivity index (χ0v) is 23.0. The number of amides is 2. The molecule has 0 radical (unpaired) electrons. The number of fused-ring (bicyclic) bond motifs is 2. The Hall–Kier alpha value is -4.27. The maximum atomic E-state index is 13.1. The summed E-state index contributed by atoms with van der Waals surface area (Å²) in [5.41, 5.74) is 1.89. The molecule has 3 aromatic rings. The van der Waals surface area contributed by atoms with Gasteiger partial charge in [-0.15, -0.1) is 4.99 Å². The third-order valence-corrected chi connectivity index (χ3v) is 7.05. The molecule has 13 heteroatoms. The Kier molecular flexibility index (Phi) is 9.14. The highest BCUT2D eigenvalue weighted by atomic mass is 35.5. The van der Waals surface area contributed by atoms with E-state index in [0.717, 1.165) is 11.8 Å². The molecule has 40 heavy (non-hydrogen) atoms. The van der Waals surface area contributed by atoms with Crippen LogP contribution in [-0.2, 0) is 17.8 Å². The lowest BCUT2D eigenvalue weighted by Crippen LogP contribution is -2.50. The number of aliphatic imine (C=N–C) groups is 1. The lowest BCUT2D eigenvalue weighted by Gasteiger charge is -2.30. The summed E-state index contributed by atoms with van der Waals surface area (Å²) < 4.78 is 5.72. The molecule has 1 aromatic heterocycles. The van der Waals surface area contributed by atoms with Gasteiger partial charge in [-0.1, -0.05) is 48.3 Å². The Balaban J connectivity index is 1.48. The Morgan fingerprint density at radius 2 is 2.00 bits per heavy atom. The van der Waals surface area contributed by atoms with Crippen LogP contribution >= 0.6 is 23.2 Å². The lowest BCUT2D eigenvalue weighted by atomic mass is 9.96. The SMILES string of the molecule is CCCN/C(=N\C#N)NC[C@H](NC(=O)c1c(Cl)cc2c(c1Cl)CCN(C(=O)c1cc3ccccc3o1)C2)C(=O)O. The molecular weight excluding hydrogens is 559 g/mol. The average Bonchev–Trinajstić information content (AvgIpc) is 3.37. The van der Waals surface area contributed by atoms with Crippen molar-refractivity contribution in [2.75, 3.05) is 19.6 Å². The molecule has 0 fully saturated rings. The maximum Gasteiger partial charge on any atom is 0.328 e. The zero-order chi connectivity index (χ0) is 28.8. The average molecular weight is 585 g/mol. The molecule has 2 amide bonds. The van der Waals surface area contributed by atoms with E-state index in [0.29, 0.717) is 36.2 Å². The maximum absolute atomic E-state index is 13.1. The van der Waals surface area contributed by atoms with Gasteiger partial charge < -0.3 is 30.4 Å². The predicted molar refractivity (Wildman–Crippen MR) is 149 cm³/mol. The number of carboxylic acid groups (broad SMARTS) is 1. The van der Waals surface area contributed by atoms with Crippen LogP contribution in [0.5, 0.6) is 0 Å². The molecule has 2 heterocycles. The Morgan fingerprint density at radius 1 is 1.23 bits per heavy atom. The number of carboxylic acids is 1. The van der Waals surface area contributed by atoms with E-state index in [1.807, 2.05) is 25.1 Å². The largest absolute Gasteiger partial charge is 0.480 e. The van der Waals surface area contributed by atoms with E-state index < -0.39 is 17.9 Å². The van der Waals surface area contributed by atoms with E-state index in [1.165, 1.54) is 0 Å². The molecule has 0 saturated carbocycles. The fourth-order valence-corrected chi connectivity index (χ4v) is 5.10. The van der Waals surface area contributed by atoms with Crippen molar-refractivity contribution >= 4 is 57.9 Å². The van der Waals surface area contributed by atoms with E-state index in [9.17, 15) is 19.5 Å². The van der Waals surface area contributed by atoms with Crippen molar-refractivity contribution in [3.63, 3.8) is 0 Å². The molecule has 2 aromatic carbocycles. The predicted octanol–water partition coefficient (Wildman–Crippen LogP) is 3.55. The van der Waals surface area contributed by atoms with Crippen LogP contribution in [0.3, 0.4) is 0 Å². The molecular formula is C27H26Cl2N6O5. The van der Waals surface area contributed by atoms with Gasteiger partial charge in [-0.25, -0.2) is 4.79 Å². The summed E-state index contributed by atoms with van der Waals surface area (Å²) in [6, 6.07) is 9.23. The van der Waals surface area contributed by atoms with Crippen LogP contribution in [0.1, 0.15) is 45.4 Å². The number of nitriles is 1. The molecule has 1 aliphatic heterocycles. The zero-order valence-electron chi connectivity index (χ0n) is 21.5. The molecule has 0 aliphatic carbocycles. The van der Waals surface area contributed by atoms with Gasteiger partial charge in [0.2, 0.25) is 12.2 Å². The van der Waals surface area contributed by atoms with E-state index >= 15 is 0 Å². The fraction of sp³-hybridized carbons (Fsp3) is 0.296. The number of nitrogens with zero attached hydrogens (tertiary/aromatic N) is 3. The minimum atomic E-state index is -1.38. The molecule has 208 valence electrons. The summed E-state index contributed by atoms with van der Waals surface area (Å²) >= 11 is 13.1. The number of carbonyl (C=O) groups is 3. The van der Waals surface area contributed by atoms with Crippen LogP contribution < -0.4 is 16.0 Å². The van der Waals surface area contributed by atoms with Gasteiger partial charge in [0.05, 0.1) is 15.6 Å². The smallest absolute Gasteiger partial charge is 0.328 e. The molecule has 0 bridgehead atoms. The van der Waals surface area contributed by atoms with Crippen molar-refractivity contribution in [2.24, 2.45) is 4.99 Å². The van der Waals surface area contributed by atoms with Crippen LogP contribution in [0.25, 0.3) is 11.0 Å². The van der Waals surface area contributed by atoms with Gasteiger partial charge in [0.1, 0.15) is 11.6 Å². The molecule has 11 nitrogen and oxygen atoms in total. The monoisotopic (exact) mass is 584 g/mol. The van der Waals surface area contributed by atoms with Crippen molar-refractivity contribution in [3.8, 4) is 6.19 Å². The third-order valence-electron chi connectivity index (χ3n) is 6.34. The van der Waals surface area contributed by atoms with Crippen LogP contribution in [0.2, 0.25) is 10.0 Å². The van der Waals surface area contributed by atoms with Gasteiger partial charge in [-0.3, -0.25) is 9.59 Å². The normalized spacial score (nSPS) is 13.8. The second-order valence-electron chi connectivity index (χ2n) is 9.04. The first-order chi connectivity index (χ1) is 19.2. The number of nitrogens with one attached hydrogen (secondary N) is 3. The second kappa shape index (κ2) is 12.7. The number of benzene rings is 2. The number of hydrogen-bond acceptors (Lipinski definition) is 6. The van der Waals surface area contributed by atoms with Crippen LogP contribution in [0, 0.1) is 11.5 Å². The topological polar surface area (TPSA) is 160 Å². The Labute approximate surface area is 239 Å². The van der Waals surface area contributed by atoms with Gasteiger partial charge in [-0.2, -0.15) is 5.26 Å². The molecule has 0 spiro atoms. The minimum absolute atomic E-state index is 0.0210. The number of hydrogen-bond donors (Lipinski definition) is 4. The van der Waals surface area contributed by atoms with Crippen LogP contribution in [-0.4, -0.2) is 59.4 Å². The number of furan rings is 1. The molecule has 4 rings (SSSR count). The van der Waals surface area contributed by atoms with Crippen molar-refractivity contribution in [3.05, 3.63) is 68.9 Å². The van der Waals surface area contributed by atoms with Crippen molar-refractivity contribution in [2.45, 2.75) is 32.4 Å². The Morgan fingerprint density at radius 3 is 2.70 bits per heavy atom. The van der Waals surface area contributed by atoms with Gasteiger partial charge in [-0.05, 0) is 42.2 Å². The van der Waals surface area contributed by atoms with Gasteiger partial charge in [0.15, 0.2) is 5.76 Å². The Bertz CT molecular complexity index is 1500. The summed E-state index contributed by atoms with van der Waals surface area (Å²) in [5.74, 6) is -2.04. The minimum Gasteiger partial charge on any atom is -0.480 e.